The number of halogens is 2. The zero-order valence-electron chi connectivity index (χ0n) is 8.54. The number of aromatic nitrogens is 2. The molecule has 2 aromatic rings. The molecule has 0 atom stereocenters. The van der Waals surface area contributed by atoms with E-state index in [4.69, 9.17) is 0 Å². The van der Waals surface area contributed by atoms with Crippen molar-refractivity contribution in [2.24, 2.45) is 0 Å². The Morgan fingerprint density at radius 1 is 1.31 bits per heavy atom. The van der Waals surface area contributed by atoms with Gasteiger partial charge in [-0.2, -0.15) is 0 Å². The van der Waals surface area contributed by atoms with Crippen molar-refractivity contribution < 1.29 is 4.39 Å². The Bertz CT molecular complexity index is 496. The van der Waals surface area contributed by atoms with E-state index in [2.05, 4.69) is 31.2 Å². The highest BCUT2D eigenvalue weighted by molar-refractivity contribution is 9.10. The third-order valence-electron chi connectivity index (χ3n) is 2.11. The zero-order valence-corrected chi connectivity index (χ0v) is 10.1. The van der Waals surface area contributed by atoms with Gasteiger partial charge in [0.05, 0.1) is 5.69 Å². The molecule has 3 nitrogen and oxygen atoms in total. The summed E-state index contributed by atoms with van der Waals surface area (Å²) in [5.74, 6) is 0.254. The first-order chi connectivity index (χ1) is 7.66. The van der Waals surface area contributed by atoms with E-state index in [-0.39, 0.29) is 5.82 Å². The molecule has 2 rings (SSSR count). The topological polar surface area (TPSA) is 37.8 Å². The predicted molar refractivity (Wildman–Crippen MR) is 64.2 cm³/mol. The molecule has 0 spiro atoms. The van der Waals surface area contributed by atoms with E-state index in [1.165, 1.54) is 12.4 Å². The monoisotopic (exact) mass is 281 g/mol. The number of benzene rings is 1. The highest BCUT2D eigenvalue weighted by atomic mass is 79.9. The van der Waals surface area contributed by atoms with Gasteiger partial charge in [0.25, 0.3) is 0 Å². The van der Waals surface area contributed by atoms with Gasteiger partial charge in [-0.3, -0.25) is 0 Å². The molecule has 0 aliphatic carbocycles. The van der Waals surface area contributed by atoms with Gasteiger partial charge in [0, 0.05) is 6.07 Å². The van der Waals surface area contributed by atoms with Gasteiger partial charge in [-0.15, -0.1) is 0 Å². The summed E-state index contributed by atoms with van der Waals surface area (Å²) in [7, 11) is 0. The van der Waals surface area contributed by atoms with E-state index >= 15 is 0 Å². The minimum absolute atomic E-state index is 0.297. The van der Waals surface area contributed by atoms with Crippen LogP contribution in [-0.2, 0) is 0 Å². The lowest BCUT2D eigenvalue weighted by atomic mass is 10.2. The van der Waals surface area contributed by atoms with Crippen molar-refractivity contribution in [3.05, 3.63) is 46.6 Å². The minimum atomic E-state index is -0.297. The van der Waals surface area contributed by atoms with Crippen LogP contribution in [0.1, 0.15) is 5.56 Å². The van der Waals surface area contributed by atoms with Crippen LogP contribution in [0.2, 0.25) is 0 Å². The van der Waals surface area contributed by atoms with E-state index in [9.17, 15) is 4.39 Å². The second-order valence-electron chi connectivity index (χ2n) is 3.28. The molecular weight excluding hydrogens is 273 g/mol. The van der Waals surface area contributed by atoms with Gasteiger partial charge in [0.1, 0.15) is 22.6 Å². The molecule has 16 heavy (non-hydrogen) atoms. The van der Waals surface area contributed by atoms with Gasteiger partial charge >= 0.3 is 0 Å². The molecule has 0 amide bonds. The van der Waals surface area contributed by atoms with Crippen molar-refractivity contribution in [2.75, 3.05) is 5.32 Å². The molecule has 1 aromatic carbocycles. The highest BCUT2D eigenvalue weighted by Gasteiger charge is 2.06. The van der Waals surface area contributed by atoms with Gasteiger partial charge in [-0.05, 0) is 34.5 Å². The quantitative estimate of drug-likeness (QED) is 0.857. The van der Waals surface area contributed by atoms with Crippen LogP contribution in [0.4, 0.5) is 15.9 Å². The summed E-state index contributed by atoms with van der Waals surface area (Å²) in [5, 5.41) is 2.93. The van der Waals surface area contributed by atoms with Gasteiger partial charge in [0.2, 0.25) is 0 Å². The summed E-state index contributed by atoms with van der Waals surface area (Å²) in [6, 6.07) is 6.60. The van der Waals surface area contributed by atoms with E-state index in [0.717, 1.165) is 5.56 Å². The van der Waals surface area contributed by atoms with Gasteiger partial charge in [-0.1, -0.05) is 12.1 Å². The number of rotatable bonds is 2. The third kappa shape index (κ3) is 2.36. The van der Waals surface area contributed by atoms with Crippen molar-refractivity contribution >= 4 is 27.4 Å². The molecule has 0 radical (unpaired) electrons. The maximum Gasteiger partial charge on any atom is 0.146 e. The molecule has 0 saturated heterocycles. The van der Waals surface area contributed by atoms with Crippen molar-refractivity contribution in [1.29, 1.82) is 0 Å². The van der Waals surface area contributed by atoms with Crippen molar-refractivity contribution in [3.63, 3.8) is 0 Å². The number of aryl methyl sites for hydroxylation is 1. The van der Waals surface area contributed by atoms with Gasteiger partial charge in [0.15, 0.2) is 0 Å². The van der Waals surface area contributed by atoms with Crippen LogP contribution in [0.15, 0.2) is 35.2 Å². The highest BCUT2D eigenvalue weighted by Crippen LogP contribution is 2.23. The fourth-order valence-electron chi connectivity index (χ4n) is 1.32. The Hall–Kier alpha value is -1.49. The lowest BCUT2D eigenvalue weighted by Crippen LogP contribution is -1.98. The first-order valence-electron chi connectivity index (χ1n) is 4.66. The van der Waals surface area contributed by atoms with Crippen LogP contribution in [0.5, 0.6) is 0 Å². The normalized spacial score (nSPS) is 10.2. The second kappa shape index (κ2) is 4.57. The van der Waals surface area contributed by atoms with Gasteiger partial charge < -0.3 is 5.32 Å². The van der Waals surface area contributed by atoms with E-state index < -0.39 is 0 Å². The lowest BCUT2D eigenvalue weighted by molar-refractivity contribution is 0.630. The zero-order chi connectivity index (χ0) is 11.5. The molecule has 0 unspecified atom stereocenters. The number of nitrogens with zero attached hydrogens (tertiary/aromatic N) is 2. The van der Waals surface area contributed by atoms with Crippen LogP contribution in [0.3, 0.4) is 0 Å². The lowest BCUT2D eigenvalue weighted by Gasteiger charge is -2.09. The molecule has 1 heterocycles. The molecule has 82 valence electrons. The molecule has 0 aliphatic rings. The molecule has 0 bridgehead atoms. The second-order valence-corrected chi connectivity index (χ2v) is 4.10. The Morgan fingerprint density at radius 3 is 2.81 bits per heavy atom. The molecule has 0 fully saturated rings. The van der Waals surface area contributed by atoms with Crippen LogP contribution in [0, 0.1) is 12.7 Å². The molecule has 1 N–H and O–H groups in total. The summed E-state index contributed by atoms with van der Waals surface area (Å²) in [4.78, 5) is 7.90. The fraction of sp³-hybridized carbons (Fsp3) is 0.0909. The van der Waals surface area contributed by atoms with E-state index in [1.54, 1.807) is 12.1 Å². The Kier molecular flexibility index (Phi) is 3.14. The maximum absolute atomic E-state index is 13.5. The smallest absolute Gasteiger partial charge is 0.146 e. The fourth-order valence-corrected chi connectivity index (χ4v) is 1.63. The van der Waals surface area contributed by atoms with Crippen molar-refractivity contribution in [3.8, 4) is 0 Å². The first-order valence-corrected chi connectivity index (χ1v) is 5.46. The minimum Gasteiger partial charge on any atom is -0.337 e. The third-order valence-corrected chi connectivity index (χ3v) is 2.54. The standard InChI is InChI=1S/C11H9BrFN3/c1-7-3-2-4-8(13)11(7)16-10-5-9(12)14-6-15-10/h2-6H,1H3,(H,14,15,16). The molecule has 1 aromatic heterocycles. The summed E-state index contributed by atoms with van der Waals surface area (Å²) in [6.07, 6.45) is 1.41. The average Bonchev–Trinajstić information content (AvgIpc) is 2.24. The maximum atomic E-state index is 13.5. The van der Waals surface area contributed by atoms with E-state index in [0.29, 0.717) is 16.1 Å². The Morgan fingerprint density at radius 2 is 2.12 bits per heavy atom. The molecular formula is C11H9BrFN3. The van der Waals surface area contributed by atoms with Crippen LogP contribution in [-0.4, -0.2) is 9.97 Å². The SMILES string of the molecule is Cc1cccc(F)c1Nc1cc(Br)ncn1. The molecule has 0 aliphatic heterocycles. The number of hydrogen-bond donors (Lipinski definition) is 1. The average molecular weight is 282 g/mol. The number of nitrogens with one attached hydrogen (secondary N) is 1. The number of hydrogen-bond acceptors (Lipinski definition) is 3. The largest absolute Gasteiger partial charge is 0.337 e. The Labute approximate surface area is 101 Å². The van der Waals surface area contributed by atoms with Gasteiger partial charge in [-0.25, -0.2) is 14.4 Å². The molecule has 0 saturated carbocycles. The summed E-state index contributed by atoms with van der Waals surface area (Å²) >= 11 is 3.23. The summed E-state index contributed by atoms with van der Waals surface area (Å²) < 4.78 is 14.2. The van der Waals surface area contributed by atoms with E-state index in [1.807, 2.05) is 13.0 Å². The van der Waals surface area contributed by atoms with Crippen molar-refractivity contribution in [1.82, 2.24) is 9.97 Å². The predicted octanol–water partition coefficient (Wildman–Crippen LogP) is 3.43. The van der Waals surface area contributed by atoms with Crippen LogP contribution < -0.4 is 5.32 Å². The Balaban J connectivity index is 2.34. The van der Waals surface area contributed by atoms with Crippen LogP contribution in [0.25, 0.3) is 0 Å². The summed E-state index contributed by atoms with van der Waals surface area (Å²) in [6.45, 7) is 1.83. The van der Waals surface area contributed by atoms with Crippen molar-refractivity contribution in [2.45, 2.75) is 6.92 Å². The van der Waals surface area contributed by atoms with Crippen LogP contribution >= 0.6 is 15.9 Å². The first kappa shape index (κ1) is 11.0. The number of para-hydroxylation sites is 1. The molecule has 5 heteroatoms. The summed E-state index contributed by atoms with van der Waals surface area (Å²) in [5.41, 5.74) is 1.27. The number of anilines is 2.